The van der Waals surface area contributed by atoms with E-state index in [-0.39, 0.29) is 12.1 Å². The number of nitrogens with two attached hydrogens (primary N) is 1. The fourth-order valence-electron chi connectivity index (χ4n) is 2.47. The van der Waals surface area contributed by atoms with Gasteiger partial charge in [-0.1, -0.05) is 6.07 Å². The minimum Gasteiger partial charge on any atom is -0.493 e. The number of carboxylic acid groups (broad SMARTS) is 1. The maximum atomic E-state index is 11.2. The maximum Gasteiger partial charge on any atom is 0.336 e. The summed E-state index contributed by atoms with van der Waals surface area (Å²) in [5.41, 5.74) is 7.95. The lowest BCUT2D eigenvalue weighted by Crippen LogP contribution is -2.07. The quantitative estimate of drug-likeness (QED) is 0.851. The number of carbonyl (C=O) groups is 1. The summed E-state index contributed by atoms with van der Waals surface area (Å²) < 4.78 is 16.1. The molecule has 3 N–H and O–H groups in total. The van der Waals surface area contributed by atoms with Crippen molar-refractivity contribution in [2.45, 2.75) is 6.54 Å². The van der Waals surface area contributed by atoms with Crippen molar-refractivity contribution in [3.05, 3.63) is 41.5 Å². The van der Waals surface area contributed by atoms with Crippen LogP contribution in [0.1, 0.15) is 15.9 Å². The van der Waals surface area contributed by atoms with Crippen molar-refractivity contribution in [1.82, 2.24) is 0 Å². The number of rotatable bonds is 6. The Hall–Kier alpha value is -2.73. The fourth-order valence-corrected chi connectivity index (χ4v) is 2.47. The Balaban J connectivity index is 2.64. The number of hydrogen-bond acceptors (Lipinski definition) is 5. The lowest BCUT2D eigenvalue weighted by molar-refractivity contribution is 0.0695. The van der Waals surface area contributed by atoms with Gasteiger partial charge in [0.25, 0.3) is 0 Å². The van der Waals surface area contributed by atoms with Gasteiger partial charge in [0.05, 0.1) is 26.9 Å². The first-order chi connectivity index (χ1) is 11.1. The standard InChI is InChI=1S/C17H19NO5/c1-21-14-7-6-12(15(22-2)16(14)23-3)10-4-5-13(17(19)20)11(8-10)9-18/h4-8H,9,18H2,1-3H3,(H,19,20). The van der Waals surface area contributed by atoms with Crippen LogP contribution < -0.4 is 19.9 Å². The maximum absolute atomic E-state index is 11.2. The largest absolute Gasteiger partial charge is 0.493 e. The molecule has 23 heavy (non-hydrogen) atoms. The van der Waals surface area contributed by atoms with E-state index >= 15 is 0 Å². The highest BCUT2D eigenvalue weighted by Crippen LogP contribution is 2.44. The van der Waals surface area contributed by atoms with Gasteiger partial charge in [0.1, 0.15) is 0 Å². The highest BCUT2D eigenvalue weighted by molar-refractivity contribution is 5.90. The number of hydrogen-bond donors (Lipinski definition) is 2. The molecule has 0 saturated carbocycles. The second-order valence-corrected chi connectivity index (χ2v) is 4.76. The van der Waals surface area contributed by atoms with Gasteiger partial charge in [0.15, 0.2) is 11.5 Å². The van der Waals surface area contributed by atoms with Gasteiger partial charge in [-0.3, -0.25) is 0 Å². The van der Waals surface area contributed by atoms with Crippen LogP contribution in [0, 0.1) is 0 Å². The topological polar surface area (TPSA) is 91.0 Å². The van der Waals surface area contributed by atoms with Gasteiger partial charge >= 0.3 is 5.97 Å². The van der Waals surface area contributed by atoms with E-state index in [4.69, 9.17) is 19.9 Å². The van der Waals surface area contributed by atoms with Gasteiger partial charge in [-0.2, -0.15) is 0 Å². The molecular weight excluding hydrogens is 298 g/mol. The molecule has 6 heteroatoms. The van der Waals surface area contributed by atoms with Crippen LogP contribution in [0.15, 0.2) is 30.3 Å². The zero-order valence-electron chi connectivity index (χ0n) is 13.3. The Morgan fingerprint density at radius 2 is 1.74 bits per heavy atom. The van der Waals surface area contributed by atoms with E-state index in [1.165, 1.54) is 20.3 Å². The minimum atomic E-state index is -1.00. The lowest BCUT2D eigenvalue weighted by Gasteiger charge is -2.16. The van der Waals surface area contributed by atoms with Crippen molar-refractivity contribution < 1.29 is 24.1 Å². The van der Waals surface area contributed by atoms with Crippen molar-refractivity contribution in [2.75, 3.05) is 21.3 Å². The highest BCUT2D eigenvalue weighted by Gasteiger charge is 2.18. The molecule has 2 aromatic rings. The van der Waals surface area contributed by atoms with Crippen molar-refractivity contribution in [3.63, 3.8) is 0 Å². The molecule has 0 fully saturated rings. The minimum absolute atomic E-state index is 0.130. The lowest BCUT2D eigenvalue weighted by atomic mass is 9.98. The smallest absolute Gasteiger partial charge is 0.336 e. The van der Waals surface area contributed by atoms with Crippen molar-refractivity contribution >= 4 is 5.97 Å². The Kier molecular flexibility index (Phi) is 5.08. The Morgan fingerprint density at radius 1 is 1.04 bits per heavy atom. The van der Waals surface area contributed by atoms with Crippen LogP contribution in [0.2, 0.25) is 0 Å². The monoisotopic (exact) mass is 317 g/mol. The molecule has 0 aliphatic heterocycles. The summed E-state index contributed by atoms with van der Waals surface area (Å²) in [6.07, 6.45) is 0. The zero-order valence-corrected chi connectivity index (χ0v) is 13.3. The third-order valence-corrected chi connectivity index (χ3v) is 3.57. The van der Waals surface area contributed by atoms with Crippen LogP contribution in [0.5, 0.6) is 17.2 Å². The molecule has 0 atom stereocenters. The Morgan fingerprint density at radius 3 is 2.26 bits per heavy atom. The summed E-state index contributed by atoms with van der Waals surface area (Å²) in [5.74, 6) is 0.535. The van der Waals surface area contributed by atoms with E-state index in [1.807, 2.05) is 6.07 Å². The predicted octanol–water partition coefficient (Wildman–Crippen LogP) is 2.54. The van der Waals surface area contributed by atoms with Crippen LogP contribution in [0.25, 0.3) is 11.1 Å². The summed E-state index contributed by atoms with van der Waals surface area (Å²) in [6, 6.07) is 8.59. The van der Waals surface area contributed by atoms with E-state index < -0.39 is 5.97 Å². The molecule has 0 aliphatic rings. The van der Waals surface area contributed by atoms with Crippen LogP contribution >= 0.6 is 0 Å². The number of methoxy groups -OCH3 is 3. The molecule has 2 rings (SSSR count). The predicted molar refractivity (Wildman–Crippen MR) is 86.4 cm³/mol. The van der Waals surface area contributed by atoms with Crippen LogP contribution in [-0.4, -0.2) is 32.4 Å². The number of benzene rings is 2. The fraction of sp³-hybridized carbons (Fsp3) is 0.235. The van der Waals surface area contributed by atoms with Gasteiger partial charge in [0.2, 0.25) is 5.75 Å². The van der Waals surface area contributed by atoms with Crippen LogP contribution in [-0.2, 0) is 6.54 Å². The highest BCUT2D eigenvalue weighted by atomic mass is 16.5. The number of ether oxygens (including phenoxy) is 3. The van der Waals surface area contributed by atoms with Crippen LogP contribution in [0.3, 0.4) is 0 Å². The summed E-state index contributed by atoms with van der Waals surface area (Å²) >= 11 is 0. The number of carboxylic acids is 1. The molecule has 0 amide bonds. The first-order valence-corrected chi connectivity index (χ1v) is 6.93. The molecule has 0 saturated heterocycles. The first kappa shape index (κ1) is 16.6. The Labute approximate surface area is 134 Å². The first-order valence-electron chi connectivity index (χ1n) is 6.93. The molecule has 0 radical (unpaired) electrons. The molecule has 6 nitrogen and oxygen atoms in total. The van der Waals surface area contributed by atoms with Gasteiger partial charge in [-0.05, 0) is 35.4 Å². The van der Waals surface area contributed by atoms with E-state index in [0.29, 0.717) is 22.8 Å². The molecular formula is C17H19NO5. The van der Waals surface area contributed by atoms with Gasteiger partial charge in [-0.15, -0.1) is 0 Å². The summed E-state index contributed by atoms with van der Waals surface area (Å²) in [5, 5.41) is 9.19. The van der Waals surface area contributed by atoms with E-state index in [0.717, 1.165) is 11.1 Å². The molecule has 0 unspecified atom stereocenters. The molecule has 0 heterocycles. The van der Waals surface area contributed by atoms with Crippen LogP contribution in [0.4, 0.5) is 0 Å². The molecule has 0 bridgehead atoms. The number of aromatic carboxylic acids is 1. The summed E-state index contributed by atoms with van der Waals surface area (Å²) in [4.78, 5) is 11.2. The van der Waals surface area contributed by atoms with Gasteiger partial charge in [-0.25, -0.2) is 4.79 Å². The molecule has 122 valence electrons. The molecule has 2 aromatic carbocycles. The average molecular weight is 317 g/mol. The van der Waals surface area contributed by atoms with E-state index in [1.54, 1.807) is 25.3 Å². The second kappa shape index (κ2) is 7.02. The van der Waals surface area contributed by atoms with Crippen molar-refractivity contribution in [3.8, 4) is 28.4 Å². The molecule has 0 spiro atoms. The van der Waals surface area contributed by atoms with Crippen molar-refractivity contribution in [2.24, 2.45) is 5.73 Å². The SMILES string of the molecule is COc1ccc(-c2ccc(C(=O)O)c(CN)c2)c(OC)c1OC. The van der Waals surface area contributed by atoms with Gasteiger partial charge in [0, 0.05) is 12.1 Å². The second-order valence-electron chi connectivity index (χ2n) is 4.76. The molecule has 0 aliphatic carbocycles. The van der Waals surface area contributed by atoms with E-state index in [2.05, 4.69) is 0 Å². The average Bonchev–Trinajstić information content (AvgIpc) is 2.59. The van der Waals surface area contributed by atoms with Crippen molar-refractivity contribution in [1.29, 1.82) is 0 Å². The third kappa shape index (κ3) is 3.07. The molecule has 0 aromatic heterocycles. The third-order valence-electron chi connectivity index (χ3n) is 3.57. The van der Waals surface area contributed by atoms with Gasteiger partial charge < -0.3 is 25.1 Å². The summed E-state index contributed by atoms with van der Waals surface area (Å²) in [6.45, 7) is 0.130. The Bertz CT molecular complexity index is 727. The summed E-state index contributed by atoms with van der Waals surface area (Å²) in [7, 11) is 4.62. The normalized spacial score (nSPS) is 10.3. The zero-order chi connectivity index (χ0) is 17.0. The van der Waals surface area contributed by atoms with E-state index in [9.17, 15) is 9.90 Å².